The molecular weight excluding hydrogens is 460 g/mol. The van der Waals surface area contributed by atoms with Crippen LogP contribution in [0.15, 0.2) is 36.4 Å². The van der Waals surface area contributed by atoms with Gasteiger partial charge in [-0.05, 0) is 77.1 Å². The molecule has 3 aromatic carbocycles. The van der Waals surface area contributed by atoms with E-state index in [1.807, 2.05) is 36.4 Å². The van der Waals surface area contributed by atoms with Crippen LogP contribution in [0.1, 0.15) is 38.2 Å². The van der Waals surface area contributed by atoms with Gasteiger partial charge < -0.3 is 28.4 Å². The van der Waals surface area contributed by atoms with Gasteiger partial charge in [0.1, 0.15) is 0 Å². The first-order valence-corrected chi connectivity index (χ1v) is 11.8. The van der Waals surface area contributed by atoms with Gasteiger partial charge in [0.15, 0.2) is 40.3 Å². The van der Waals surface area contributed by atoms with E-state index in [0.717, 1.165) is 27.8 Å². The summed E-state index contributed by atoms with van der Waals surface area (Å²) in [5, 5.41) is 0. The minimum atomic E-state index is -0.747. The number of hydrogen-bond acceptors (Lipinski definition) is 7. The molecule has 0 saturated carbocycles. The molecule has 0 saturated heterocycles. The van der Waals surface area contributed by atoms with Gasteiger partial charge in [0, 0.05) is 5.56 Å². The molecular formula is C29H28O7. The van der Waals surface area contributed by atoms with E-state index in [1.54, 1.807) is 42.7 Å². The van der Waals surface area contributed by atoms with Gasteiger partial charge in [-0.2, -0.15) is 0 Å². The normalized spacial score (nSPS) is 22.2. The smallest absolute Gasteiger partial charge is 0.171 e. The molecule has 0 amide bonds. The summed E-state index contributed by atoms with van der Waals surface area (Å²) in [6.07, 6.45) is 1.14. The molecule has 186 valence electrons. The molecule has 0 N–H and O–H groups in total. The molecule has 6 rings (SSSR count). The number of Topliss-reactive ketones (excluding diaryl/α,β-unsaturated/α-hetero) is 1. The number of ether oxygens (including phenoxy) is 6. The third-order valence-electron chi connectivity index (χ3n) is 8.34. The summed E-state index contributed by atoms with van der Waals surface area (Å²) in [6, 6.07) is 11.9. The molecule has 0 aliphatic heterocycles. The third-order valence-corrected chi connectivity index (χ3v) is 8.34. The molecule has 3 aliphatic carbocycles. The molecule has 0 fully saturated rings. The standard InChI is InChI=1S/C29H28O7/c1-31-21-7-15-13-28-14-16-8-22(32-2)25(35-5)11-19(16)29(28,18(15)10-24(21)34-4)20-12-26(36-6)23(33-3)9-17(20)27(28)30/h7-12H,13-14H2,1-6H3. The highest BCUT2D eigenvalue weighted by Crippen LogP contribution is 2.72. The van der Waals surface area contributed by atoms with Crippen LogP contribution in [0.2, 0.25) is 0 Å². The quantitative estimate of drug-likeness (QED) is 0.510. The number of hydrogen-bond donors (Lipinski definition) is 0. The molecule has 7 nitrogen and oxygen atoms in total. The highest BCUT2D eigenvalue weighted by atomic mass is 16.5. The van der Waals surface area contributed by atoms with Crippen molar-refractivity contribution < 1.29 is 33.2 Å². The zero-order valence-corrected chi connectivity index (χ0v) is 21.2. The van der Waals surface area contributed by atoms with Gasteiger partial charge in [-0.15, -0.1) is 0 Å². The topological polar surface area (TPSA) is 72.5 Å². The Morgan fingerprint density at radius 3 is 1.31 bits per heavy atom. The maximum Gasteiger partial charge on any atom is 0.171 e. The third kappa shape index (κ3) is 2.40. The van der Waals surface area contributed by atoms with Gasteiger partial charge in [0.05, 0.1) is 53.5 Å². The maximum absolute atomic E-state index is 14.5. The van der Waals surface area contributed by atoms with Crippen LogP contribution in [-0.4, -0.2) is 48.4 Å². The Kier molecular flexibility index (Phi) is 4.74. The lowest BCUT2D eigenvalue weighted by Gasteiger charge is -2.36. The van der Waals surface area contributed by atoms with Crippen molar-refractivity contribution in [1.29, 1.82) is 0 Å². The van der Waals surface area contributed by atoms with E-state index in [0.29, 0.717) is 52.9 Å². The lowest BCUT2D eigenvalue weighted by molar-refractivity contribution is 0.0790. The van der Waals surface area contributed by atoms with Crippen LogP contribution in [0.5, 0.6) is 34.5 Å². The molecule has 3 aliphatic rings. The van der Waals surface area contributed by atoms with Crippen LogP contribution in [-0.2, 0) is 18.3 Å². The van der Waals surface area contributed by atoms with Crippen LogP contribution >= 0.6 is 0 Å². The van der Waals surface area contributed by atoms with E-state index >= 15 is 0 Å². The average Bonchev–Trinajstić information content (AvgIpc) is 3.43. The summed E-state index contributed by atoms with van der Waals surface area (Å²) in [7, 11) is 9.70. The number of carbonyl (C=O) groups excluding carboxylic acids is 1. The zero-order valence-electron chi connectivity index (χ0n) is 21.2. The van der Waals surface area contributed by atoms with Crippen molar-refractivity contribution in [3.63, 3.8) is 0 Å². The largest absolute Gasteiger partial charge is 0.493 e. The number of rotatable bonds is 6. The lowest BCUT2D eigenvalue weighted by atomic mass is 9.64. The number of ketones is 1. The van der Waals surface area contributed by atoms with Crippen LogP contribution in [0.25, 0.3) is 0 Å². The van der Waals surface area contributed by atoms with Gasteiger partial charge in [0.25, 0.3) is 0 Å². The maximum atomic E-state index is 14.5. The Balaban J connectivity index is 1.77. The fourth-order valence-electron chi connectivity index (χ4n) is 6.99. The molecule has 0 bridgehead atoms. The molecule has 3 aromatic rings. The van der Waals surface area contributed by atoms with Gasteiger partial charge in [0.2, 0.25) is 0 Å². The molecule has 0 unspecified atom stereocenters. The number of fused-ring (bicyclic) bond motifs is 3. The molecule has 7 heteroatoms. The Bertz CT molecular complexity index is 1370. The molecule has 0 aromatic heterocycles. The first-order chi connectivity index (χ1) is 17.4. The monoisotopic (exact) mass is 488 g/mol. The van der Waals surface area contributed by atoms with E-state index in [-0.39, 0.29) is 5.78 Å². The number of carbonyl (C=O) groups is 1. The van der Waals surface area contributed by atoms with Crippen molar-refractivity contribution in [2.45, 2.75) is 18.3 Å². The van der Waals surface area contributed by atoms with Crippen molar-refractivity contribution >= 4 is 5.78 Å². The van der Waals surface area contributed by atoms with E-state index in [1.165, 1.54) is 0 Å². The fraction of sp³-hybridized carbons (Fsp3) is 0.345. The Labute approximate surface area is 209 Å². The van der Waals surface area contributed by atoms with Crippen LogP contribution < -0.4 is 28.4 Å². The van der Waals surface area contributed by atoms with E-state index in [4.69, 9.17) is 28.4 Å². The van der Waals surface area contributed by atoms with Crippen molar-refractivity contribution in [1.82, 2.24) is 0 Å². The van der Waals surface area contributed by atoms with E-state index in [9.17, 15) is 4.79 Å². The van der Waals surface area contributed by atoms with Crippen molar-refractivity contribution in [3.8, 4) is 34.5 Å². The molecule has 0 atom stereocenters. The Morgan fingerprint density at radius 1 is 0.528 bits per heavy atom. The summed E-state index contributed by atoms with van der Waals surface area (Å²) in [5.41, 5.74) is 4.28. The Hall–Kier alpha value is -3.87. The summed E-state index contributed by atoms with van der Waals surface area (Å²) in [4.78, 5) is 14.5. The van der Waals surface area contributed by atoms with Crippen molar-refractivity contribution in [3.05, 3.63) is 69.8 Å². The van der Waals surface area contributed by atoms with Gasteiger partial charge >= 0.3 is 0 Å². The van der Waals surface area contributed by atoms with Crippen LogP contribution in [0, 0.1) is 5.41 Å². The zero-order chi connectivity index (χ0) is 25.4. The average molecular weight is 489 g/mol. The summed E-state index contributed by atoms with van der Waals surface area (Å²) in [5.74, 6) is 3.76. The lowest BCUT2D eigenvalue weighted by Crippen LogP contribution is -2.41. The second-order valence-corrected chi connectivity index (χ2v) is 9.50. The van der Waals surface area contributed by atoms with E-state index in [2.05, 4.69) is 0 Å². The highest BCUT2D eigenvalue weighted by Gasteiger charge is 2.72. The second kappa shape index (κ2) is 7.56. The minimum Gasteiger partial charge on any atom is -0.493 e. The first-order valence-electron chi connectivity index (χ1n) is 11.8. The van der Waals surface area contributed by atoms with Gasteiger partial charge in [-0.3, -0.25) is 4.79 Å². The molecule has 0 radical (unpaired) electrons. The van der Waals surface area contributed by atoms with Crippen LogP contribution in [0.3, 0.4) is 0 Å². The van der Waals surface area contributed by atoms with Gasteiger partial charge in [-0.1, -0.05) is 0 Å². The fourth-order valence-corrected chi connectivity index (χ4v) is 6.99. The Morgan fingerprint density at radius 2 is 0.889 bits per heavy atom. The number of methoxy groups -OCH3 is 6. The SMILES string of the molecule is COc1cc2c(cc1OC)C13c4cc(OC)c(OC)cc4CC1(C2)C(=O)c1cc(OC)c(OC)cc13. The van der Waals surface area contributed by atoms with E-state index < -0.39 is 10.8 Å². The molecule has 36 heavy (non-hydrogen) atoms. The summed E-state index contributed by atoms with van der Waals surface area (Å²) < 4.78 is 33.9. The summed E-state index contributed by atoms with van der Waals surface area (Å²) in [6.45, 7) is 0. The minimum absolute atomic E-state index is 0.0988. The molecule has 0 spiro atoms. The number of benzene rings is 3. The predicted molar refractivity (Wildman–Crippen MR) is 133 cm³/mol. The predicted octanol–water partition coefficient (Wildman–Crippen LogP) is 4.37. The second-order valence-electron chi connectivity index (χ2n) is 9.50. The van der Waals surface area contributed by atoms with Crippen molar-refractivity contribution in [2.75, 3.05) is 42.7 Å². The summed E-state index contributed by atoms with van der Waals surface area (Å²) >= 11 is 0. The molecule has 0 heterocycles. The first kappa shape index (κ1) is 22.6. The van der Waals surface area contributed by atoms with Crippen molar-refractivity contribution in [2.24, 2.45) is 5.41 Å². The van der Waals surface area contributed by atoms with Crippen LogP contribution in [0.4, 0.5) is 0 Å². The highest BCUT2D eigenvalue weighted by molar-refractivity contribution is 6.11. The van der Waals surface area contributed by atoms with Gasteiger partial charge in [-0.25, -0.2) is 0 Å².